The molecule has 0 spiro atoms. The standard InChI is InChI=1S/C15H22N2O2/c1-3-19-14-6-4-13(5-7-14)11(2)17-15(18)8-12-9-16-10-12/h4-7,11-12,16H,3,8-10H2,1-2H3,(H,17,18). The Morgan fingerprint density at radius 3 is 2.63 bits per heavy atom. The molecule has 4 heteroatoms. The maximum absolute atomic E-state index is 11.8. The highest BCUT2D eigenvalue weighted by atomic mass is 16.5. The van der Waals surface area contributed by atoms with Crippen LogP contribution in [0.4, 0.5) is 0 Å². The van der Waals surface area contributed by atoms with Gasteiger partial charge >= 0.3 is 0 Å². The SMILES string of the molecule is CCOc1ccc(C(C)NC(=O)CC2CNC2)cc1. The van der Waals surface area contributed by atoms with Crippen molar-refractivity contribution in [2.75, 3.05) is 19.7 Å². The molecule has 1 aliphatic rings. The molecule has 0 saturated carbocycles. The zero-order chi connectivity index (χ0) is 13.7. The predicted octanol–water partition coefficient (Wildman–Crippen LogP) is 1.87. The normalized spacial score (nSPS) is 16.5. The highest BCUT2D eigenvalue weighted by molar-refractivity contribution is 5.76. The van der Waals surface area contributed by atoms with Gasteiger partial charge in [0.2, 0.25) is 5.91 Å². The van der Waals surface area contributed by atoms with Gasteiger partial charge in [0.1, 0.15) is 5.75 Å². The van der Waals surface area contributed by atoms with Crippen LogP contribution in [0.25, 0.3) is 0 Å². The minimum absolute atomic E-state index is 0.0382. The van der Waals surface area contributed by atoms with Gasteiger partial charge in [-0.15, -0.1) is 0 Å². The monoisotopic (exact) mass is 262 g/mol. The van der Waals surface area contributed by atoms with Gasteiger partial charge in [-0.2, -0.15) is 0 Å². The van der Waals surface area contributed by atoms with E-state index >= 15 is 0 Å². The van der Waals surface area contributed by atoms with Crippen LogP contribution in [-0.4, -0.2) is 25.6 Å². The van der Waals surface area contributed by atoms with Crippen LogP contribution in [0.3, 0.4) is 0 Å². The number of carbonyl (C=O) groups is 1. The Bertz CT molecular complexity index is 413. The van der Waals surface area contributed by atoms with Gasteiger partial charge in [0, 0.05) is 6.42 Å². The van der Waals surface area contributed by atoms with Crippen LogP contribution >= 0.6 is 0 Å². The fourth-order valence-electron chi connectivity index (χ4n) is 2.16. The van der Waals surface area contributed by atoms with E-state index in [1.165, 1.54) is 0 Å². The first kappa shape index (κ1) is 13.9. The van der Waals surface area contributed by atoms with Gasteiger partial charge in [0.15, 0.2) is 0 Å². The lowest BCUT2D eigenvalue weighted by atomic mass is 9.98. The zero-order valence-corrected chi connectivity index (χ0v) is 11.6. The molecule has 1 saturated heterocycles. The third kappa shape index (κ3) is 3.96. The maximum atomic E-state index is 11.8. The van der Waals surface area contributed by atoms with Crippen LogP contribution in [0.15, 0.2) is 24.3 Å². The number of amides is 1. The van der Waals surface area contributed by atoms with E-state index in [1.54, 1.807) is 0 Å². The summed E-state index contributed by atoms with van der Waals surface area (Å²) in [6, 6.07) is 7.92. The number of hydrogen-bond acceptors (Lipinski definition) is 3. The van der Waals surface area contributed by atoms with Gasteiger partial charge in [-0.05, 0) is 50.6 Å². The molecule has 1 aromatic carbocycles. The second-order valence-electron chi connectivity index (χ2n) is 5.02. The number of benzene rings is 1. The molecular formula is C15H22N2O2. The summed E-state index contributed by atoms with van der Waals surface area (Å²) in [5.74, 6) is 1.51. The van der Waals surface area contributed by atoms with E-state index in [1.807, 2.05) is 38.1 Å². The molecule has 0 aliphatic carbocycles. The van der Waals surface area contributed by atoms with Gasteiger partial charge in [-0.25, -0.2) is 0 Å². The van der Waals surface area contributed by atoms with Crippen LogP contribution in [0.2, 0.25) is 0 Å². The van der Waals surface area contributed by atoms with Crippen molar-refractivity contribution in [1.29, 1.82) is 0 Å². The van der Waals surface area contributed by atoms with Crippen molar-refractivity contribution in [2.45, 2.75) is 26.3 Å². The Hall–Kier alpha value is -1.55. The summed E-state index contributed by atoms with van der Waals surface area (Å²) < 4.78 is 5.40. The van der Waals surface area contributed by atoms with Crippen molar-refractivity contribution in [1.82, 2.24) is 10.6 Å². The topological polar surface area (TPSA) is 50.4 Å². The predicted molar refractivity (Wildman–Crippen MR) is 75.1 cm³/mol. The average molecular weight is 262 g/mol. The molecule has 1 heterocycles. The first-order chi connectivity index (χ1) is 9.19. The second kappa shape index (κ2) is 6.57. The highest BCUT2D eigenvalue weighted by Gasteiger charge is 2.21. The van der Waals surface area contributed by atoms with Crippen LogP contribution in [0.1, 0.15) is 31.9 Å². The lowest BCUT2D eigenvalue weighted by Gasteiger charge is -2.27. The smallest absolute Gasteiger partial charge is 0.220 e. The van der Waals surface area contributed by atoms with Crippen molar-refractivity contribution in [2.24, 2.45) is 5.92 Å². The largest absolute Gasteiger partial charge is 0.494 e. The summed E-state index contributed by atoms with van der Waals surface area (Å²) in [4.78, 5) is 11.8. The minimum Gasteiger partial charge on any atom is -0.494 e. The number of ether oxygens (including phenoxy) is 1. The quantitative estimate of drug-likeness (QED) is 0.823. The third-order valence-corrected chi connectivity index (χ3v) is 3.41. The van der Waals surface area contributed by atoms with Crippen molar-refractivity contribution in [3.63, 3.8) is 0 Å². The van der Waals surface area contributed by atoms with Gasteiger partial charge in [-0.3, -0.25) is 4.79 Å². The van der Waals surface area contributed by atoms with E-state index in [0.717, 1.165) is 24.4 Å². The number of hydrogen-bond donors (Lipinski definition) is 2. The molecular weight excluding hydrogens is 240 g/mol. The Morgan fingerprint density at radius 2 is 2.11 bits per heavy atom. The highest BCUT2D eigenvalue weighted by Crippen LogP contribution is 2.18. The van der Waals surface area contributed by atoms with E-state index in [9.17, 15) is 4.79 Å². The van der Waals surface area contributed by atoms with Gasteiger partial charge in [-0.1, -0.05) is 12.1 Å². The van der Waals surface area contributed by atoms with Gasteiger partial charge in [0.25, 0.3) is 0 Å². The number of rotatable bonds is 6. The van der Waals surface area contributed by atoms with Crippen LogP contribution in [-0.2, 0) is 4.79 Å². The van der Waals surface area contributed by atoms with Gasteiger partial charge < -0.3 is 15.4 Å². The lowest BCUT2D eigenvalue weighted by molar-refractivity contribution is -0.123. The maximum Gasteiger partial charge on any atom is 0.220 e. The Kier molecular flexibility index (Phi) is 4.80. The van der Waals surface area contributed by atoms with Crippen LogP contribution in [0.5, 0.6) is 5.75 Å². The lowest BCUT2D eigenvalue weighted by Crippen LogP contribution is -2.44. The molecule has 0 radical (unpaired) electrons. The molecule has 1 amide bonds. The Labute approximate surface area is 114 Å². The molecule has 0 aromatic heterocycles. The molecule has 104 valence electrons. The first-order valence-electron chi connectivity index (χ1n) is 6.92. The second-order valence-corrected chi connectivity index (χ2v) is 5.02. The summed E-state index contributed by atoms with van der Waals surface area (Å²) in [6.07, 6.45) is 0.619. The van der Waals surface area contributed by atoms with Gasteiger partial charge in [0.05, 0.1) is 12.6 Å². The molecule has 19 heavy (non-hydrogen) atoms. The molecule has 1 unspecified atom stereocenters. The van der Waals surface area contributed by atoms with E-state index < -0.39 is 0 Å². The van der Waals surface area contributed by atoms with Crippen molar-refractivity contribution in [3.05, 3.63) is 29.8 Å². The summed E-state index contributed by atoms with van der Waals surface area (Å²) in [5, 5.41) is 6.22. The first-order valence-corrected chi connectivity index (χ1v) is 6.92. The fourth-order valence-corrected chi connectivity index (χ4v) is 2.16. The zero-order valence-electron chi connectivity index (χ0n) is 11.6. The Morgan fingerprint density at radius 1 is 1.42 bits per heavy atom. The summed E-state index contributed by atoms with van der Waals surface area (Å²) in [7, 11) is 0. The van der Waals surface area contributed by atoms with Crippen molar-refractivity contribution in [3.8, 4) is 5.75 Å². The summed E-state index contributed by atoms with van der Waals surface area (Å²) in [6.45, 7) is 6.56. The van der Waals surface area contributed by atoms with E-state index in [0.29, 0.717) is 18.9 Å². The molecule has 2 N–H and O–H groups in total. The number of nitrogens with one attached hydrogen (secondary N) is 2. The minimum atomic E-state index is 0.0382. The molecule has 1 aromatic rings. The molecule has 4 nitrogen and oxygen atoms in total. The average Bonchev–Trinajstić information content (AvgIpc) is 2.35. The van der Waals surface area contributed by atoms with Crippen molar-refractivity contribution >= 4 is 5.91 Å². The Balaban J connectivity index is 1.84. The van der Waals surface area contributed by atoms with Crippen LogP contribution < -0.4 is 15.4 Å². The summed E-state index contributed by atoms with van der Waals surface area (Å²) in [5.41, 5.74) is 1.10. The van der Waals surface area contributed by atoms with E-state index in [-0.39, 0.29) is 11.9 Å². The summed E-state index contributed by atoms with van der Waals surface area (Å²) >= 11 is 0. The fraction of sp³-hybridized carbons (Fsp3) is 0.533. The van der Waals surface area contributed by atoms with Crippen LogP contribution in [0, 0.1) is 5.92 Å². The van der Waals surface area contributed by atoms with E-state index in [4.69, 9.17) is 4.74 Å². The molecule has 1 fully saturated rings. The van der Waals surface area contributed by atoms with E-state index in [2.05, 4.69) is 10.6 Å². The van der Waals surface area contributed by atoms with Crippen molar-refractivity contribution < 1.29 is 9.53 Å². The molecule has 2 rings (SSSR count). The number of carbonyl (C=O) groups excluding carboxylic acids is 1. The molecule has 1 atom stereocenters. The third-order valence-electron chi connectivity index (χ3n) is 3.41. The molecule has 1 aliphatic heterocycles. The molecule has 0 bridgehead atoms.